The SMILES string of the molecule is Cc1csc(CN2CC[C@H]3O[C@H](C(=O)N(C)C)CC[C@H]32)n1. The van der Waals surface area contributed by atoms with Crippen molar-refractivity contribution in [2.45, 2.75) is 51.0 Å². The number of amides is 1. The summed E-state index contributed by atoms with van der Waals surface area (Å²) >= 11 is 1.73. The Morgan fingerprint density at radius 3 is 2.95 bits per heavy atom. The van der Waals surface area contributed by atoms with E-state index in [0.29, 0.717) is 6.04 Å². The average Bonchev–Trinajstić information content (AvgIpc) is 3.05. The number of rotatable bonds is 3. The summed E-state index contributed by atoms with van der Waals surface area (Å²) in [5.41, 5.74) is 1.10. The van der Waals surface area contributed by atoms with Crippen LogP contribution in [0.3, 0.4) is 0 Å². The number of aromatic nitrogens is 1. The summed E-state index contributed by atoms with van der Waals surface area (Å²) in [6.45, 7) is 3.99. The molecule has 2 fully saturated rings. The van der Waals surface area contributed by atoms with Gasteiger partial charge in [0.15, 0.2) is 0 Å². The lowest BCUT2D eigenvalue weighted by atomic mass is 9.98. The molecule has 0 bridgehead atoms. The smallest absolute Gasteiger partial charge is 0.251 e. The minimum absolute atomic E-state index is 0.0995. The van der Waals surface area contributed by atoms with E-state index in [1.165, 1.54) is 5.01 Å². The van der Waals surface area contributed by atoms with Crippen LogP contribution >= 0.6 is 11.3 Å². The van der Waals surface area contributed by atoms with Crippen LogP contribution in [-0.2, 0) is 16.1 Å². The van der Waals surface area contributed by atoms with Crippen molar-refractivity contribution in [1.29, 1.82) is 0 Å². The van der Waals surface area contributed by atoms with Crippen molar-refractivity contribution in [2.24, 2.45) is 0 Å². The van der Waals surface area contributed by atoms with Gasteiger partial charge in [-0.05, 0) is 26.2 Å². The predicted octanol–water partition coefficient (Wildman–Crippen LogP) is 1.66. The summed E-state index contributed by atoms with van der Waals surface area (Å²) in [7, 11) is 3.59. The molecule has 2 saturated heterocycles. The number of aryl methyl sites for hydroxylation is 1. The number of likely N-dealkylation sites (tertiary alicyclic amines) is 1. The highest BCUT2D eigenvalue weighted by atomic mass is 32.1. The van der Waals surface area contributed by atoms with Crippen molar-refractivity contribution in [3.05, 3.63) is 16.1 Å². The lowest BCUT2D eigenvalue weighted by Gasteiger charge is -2.36. The van der Waals surface area contributed by atoms with Gasteiger partial charge in [-0.2, -0.15) is 0 Å². The Kier molecular flexibility index (Phi) is 4.28. The van der Waals surface area contributed by atoms with Crippen LogP contribution in [0, 0.1) is 6.92 Å². The van der Waals surface area contributed by atoms with E-state index in [-0.39, 0.29) is 18.1 Å². The molecule has 0 spiro atoms. The topological polar surface area (TPSA) is 45.7 Å². The zero-order chi connectivity index (χ0) is 15.0. The van der Waals surface area contributed by atoms with Crippen LogP contribution in [0.4, 0.5) is 0 Å². The van der Waals surface area contributed by atoms with Gasteiger partial charge in [-0.3, -0.25) is 9.69 Å². The minimum Gasteiger partial charge on any atom is -0.363 e. The van der Waals surface area contributed by atoms with Crippen LogP contribution in [0.15, 0.2) is 5.38 Å². The Hall–Kier alpha value is -0.980. The Labute approximate surface area is 129 Å². The highest BCUT2D eigenvalue weighted by Gasteiger charge is 2.42. The molecule has 0 unspecified atom stereocenters. The summed E-state index contributed by atoms with van der Waals surface area (Å²) in [6, 6.07) is 0.445. The summed E-state index contributed by atoms with van der Waals surface area (Å²) in [6.07, 6.45) is 2.84. The van der Waals surface area contributed by atoms with Gasteiger partial charge in [0.05, 0.1) is 12.6 Å². The molecule has 5 nitrogen and oxygen atoms in total. The van der Waals surface area contributed by atoms with Gasteiger partial charge >= 0.3 is 0 Å². The first-order valence-corrected chi connectivity index (χ1v) is 8.44. The van der Waals surface area contributed by atoms with Crippen LogP contribution in [0.5, 0.6) is 0 Å². The van der Waals surface area contributed by atoms with Crippen molar-refractivity contribution in [3.8, 4) is 0 Å². The third-order valence-electron chi connectivity index (χ3n) is 4.38. The van der Waals surface area contributed by atoms with Gasteiger partial charge in [0.2, 0.25) is 0 Å². The minimum atomic E-state index is -0.247. The maximum Gasteiger partial charge on any atom is 0.251 e. The fourth-order valence-electron chi connectivity index (χ4n) is 3.33. The number of fused-ring (bicyclic) bond motifs is 1. The second-order valence-electron chi connectivity index (χ2n) is 6.18. The molecule has 0 saturated carbocycles. The fraction of sp³-hybridized carbons (Fsp3) is 0.733. The molecule has 0 aliphatic carbocycles. The number of carbonyl (C=O) groups excluding carboxylic acids is 1. The molecular formula is C15H23N3O2S. The zero-order valence-corrected chi connectivity index (χ0v) is 13.7. The van der Waals surface area contributed by atoms with Gasteiger partial charge in [0.25, 0.3) is 5.91 Å². The van der Waals surface area contributed by atoms with E-state index in [9.17, 15) is 4.79 Å². The zero-order valence-electron chi connectivity index (χ0n) is 12.9. The normalized spacial score (nSPS) is 29.4. The number of hydrogen-bond acceptors (Lipinski definition) is 5. The van der Waals surface area contributed by atoms with E-state index in [0.717, 1.165) is 38.0 Å². The lowest BCUT2D eigenvalue weighted by molar-refractivity contribution is -0.152. The first-order valence-electron chi connectivity index (χ1n) is 7.56. The summed E-state index contributed by atoms with van der Waals surface area (Å²) in [5.74, 6) is 0.0995. The van der Waals surface area contributed by atoms with Gasteiger partial charge in [0.1, 0.15) is 11.1 Å². The van der Waals surface area contributed by atoms with E-state index in [4.69, 9.17) is 4.74 Å². The number of thiazole rings is 1. The van der Waals surface area contributed by atoms with Crippen molar-refractivity contribution in [3.63, 3.8) is 0 Å². The van der Waals surface area contributed by atoms with Crippen molar-refractivity contribution >= 4 is 17.2 Å². The van der Waals surface area contributed by atoms with E-state index in [2.05, 4.69) is 15.3 Å². The molecule has 0 radical (unpaired) electrons. The van der Waals surface area contributed by atoms with Crippen LogP contribution in [0.1, 0.15) is 30.0 Å². The standard InChI is InChI=1S/C15H23N3O2S/c1-10-9-21-14(16-10)8-18-7-6-12-11(18)4-5-13(20-12)15(19)17(2)3/h9,11-13H,4-8H2,1-3H3/t11-,12-,13+/m1/s1. The Balaban J connectivity index is 1.60. The molecule has 2 aliphatic heterocycles. The van der Waals surface area contributed by atoms with Gasteiger partial charge < -0.3 is 9.64 Å². The van der Waals surface area contributed by atoms with Crippen LogP contribution in [0.2, 0.25) is 0 Å². The highest BCUT2D eigenvalue weighted by molar-refractivity contribution is 7.09. The lowest BCUT2D eigenvalue weighted by Crippen LogP contribution is -2.47. The Morgan fingerprint density at radius 1 is 1.48 bits per heavy atom. The van der Waals surface area contributed by atoms with Crippen molar-refractivity contribution in [1.82, 2.24) is 14.8 Å². The van der Waals surface area contributed by atoms with Gasteiger partial charge in [-0.25, -0.2) is 4.98 Å². The maximum atomic E-state index is 12.0. The molecule has 1 amide bonds. The summed E-state index contributed by atoms with van der Waals surface area (Å²) in [5, 5.41) is 3.28. The molecule has 0 N–H and O–H groups in total. The molecule has 1 aromatic heterocycles. The third kappa shape index (κ3) is 3.12. The monoisotopic (exact) mass is 309 g/mol. The molecule has 3 heterocycles. The van der Waals surface area contributed by atoms with Crippen LogP contribution in [-0.4, -0.2) is 59.6 Å². The third-order valence-corrected chi connectivity index (χ3v) is 5.34. The van der Waals surface area contributed by atoms with Gasteiger partial charge in [-0.1, -0.05) is 0 Å². The van der Waals surface area contributed by atoms with Crippen LogP contribution < -0.4 is 0 Å². The predicted molar refractivity (Wildman–Crippen MR) is 82.3 cm³/mol. The van der Waals surface area contributed by atoms with E-state index in [1.807, 2.05) is 6.92 Å². The highest BCUT2D eigenvalue weighted by Crippen LogP contribution is 2.33. The molecule has 116 valence electrons. The number of likely N-dealkylation sites (N-methyl/N-ethyl adjacent to an activating group) is 1. The van der Waals surface area contributed by atoms with E-state index >= 15 is 0 Å². The van der Waals surface area contributed by atoms with Crippen LogP contribution in [0.25, 0.3) is 0 Å². The second-order valence-corrected chi connectivity index (χ2v) is 7.12. The van der Waals surface area contributed by atoms with E-state index in [1.54, 1.807) is 30.3 Å². The second kappa shape index (κ2) is 6.02. The number of nitrogens with zero attached hydrogens (tertiary/aromatic N) is 3. The van der Waals surface area contributed by atoms with Gasteiger partial charge in [0, 0.05) is 37.8 Å². The molecule has 6 heteroatoms. The molecule has 3 rings (SSSR count). The fourth-order valence-corrected chi connectivity index (χ4v) is 4.13. The van der Waals surface area contributed by atoms with Crippen molar-refractivity contribution in [2.75, 3.05) is 20.6 Å². The average molecular weight is 309 g/mol. The number of ether oxygens (including phenoxy) is 1. The quantitative estimate of drug-likeness (QED) is 0.852. The summed E-state index contributed by atoms with van der Waals surface area (Å²) in [4.78, 5) is 20.7. The van der Waals surface area contributed by atoms with Crippen molar-refractivity contribution < 1.29 is 9.53 Å². The number of carbonyl (C=O) groups is 1. The van der Waals surface area contributed by atoms with Gasteiger partial charge in [-0.15, -0.1) is 11.3 Å². The first-order chi connectivity index (χ1) is 10.0. The molecular weight excluding hydrogens is 286 g/mol. The first kappa shape index (κ1) is 14.9. The number of hydrogen-bond donors (Lipinski definition) is 0. The molecule has 21 heavy (non-hydrogen) atoms. The molecule has 3 atom stereocenters. The molecule has 1 aromatic rings. The molecule has 0 aromatic carbocycles. The largest absolute Gasteiger partial charge is 0.363 e. The maximum absolute atomic E-state index is 12.0. The Morgan fingerprint density at radius 2 is 2.29 bits per heavy atom. The summed E-state index contributed by atoms with van der Waals surface area (Å²) < 4.78 is 6.06. The molecule has 2 aliphatic rings. The Bertz CT molecular complexity index is 517. The van der Waals surface area contributed by atoms with E-state index < -0.39 is 0 Å².